The van der Waals surface area contributed by atoms with Crippen LogP contribution in [0.4, 0.5) is 0 Å². The maximum atomic E-state index is 9.37. The van der Waals surface area contributed by atoms with E-state index in [4.69, 9.17) is 14.2 Å². The molecule has 0 spiro atoms. The zero-order valence-corrected chi connectivity index (χ0v) is 12.3. The van der Waals surface area contributed by atoms with E-state index < -0.39 is 0 Å². The Bertz CT molecular complexity index is 596. The molecule has 1 N–H and O–H groups in total. The third-order valence-corrected chi connectivity index (χ3v) is 4.39. The van der Waals surface area contributed by atoms with Crippen LogP contribution < -0.4 is 14.2 Å². The Hall–Kier alpha value is -1.24. The summed E-state index contributed by atoms with van der Waals surface area (Å²) in [6.07, 6.45) is 0. The van der Waals surface area contributed by atoms with Crippen molar-refractivity contribution in [2.75, 3.05) is 6.79 Å². The third-order valence-electron chi connectivity index (χ3n) is 2.72. The fourth-order valence-electron chi connectivity index (χ4n) is 1.80. The van der Waals surface area contributed by atoms with Gasteiger partial charge in [0.2, 0.25) is 6.79 Å². The number of aliphatic hydroxyl groups excluding tert-OH is 1. The predicted octanol–water partition coefficient (Wildman–Crippen LogP) is 3.31. The van der Waals surface area contributed by atoms with Gasteiger partial charge in [0.1, 0.15) is 12.4 Å². The zero-order chi connectivity index (χ0) is 13.2. The lowest BCUT2D eigenvalue weighted by Gasteiger charge is -2.10. The number of hydrogen-bond donors (Lipinski definition) is 1. The molecular weight excluding hydrogens is 332 g/mol. The lowest BCUT2D eigenvalue weighted by molar-refractivity contribution is 0.173. The van der Waals surface area contributed by atoms with Crippen molar-refractivity contribution in [3.05, 3.63) is 38.5 Å². The normalized spacial score (nSPS) is 12.7. The molecule has 0 atom stereocenters. The fourth-order valence-corrected chi connectivity index (χ4v) is 3.16. The molecule has 0 amide bonds. The smallest absolute Gasteiger partial charge is 0.231 e. The third kappa shape index (κ3) is 2.70. The van der Waals surface area contributed by atoms with Crippen LogP contribution in [-0.4, -0.2) is 11.9 Å². The van der Waals surface area contributed by atoms with Crippen LogP contribution >= 0.6 is 27.3 Å². The number of fused-ring (bicyclic) bond motifs is 1. The first-order chi connectivity index (χ1) is 9.26. The highest BCUT2D eigenvalue weighted by molar-refractivity contribution is 9.10. The number of halogens is 1. The molecular formula is C13H11BrO4S. The number of thiophene rings is 1. The molecule has 1 aliphatic rings. The van der Waals surface area contributed by atoms with E-state index in [1.54, 1.807) is 23.5 Å². The second-order valence-corrected chi connectivity index (χ2v) is 5.90. The standard InChI is InChI=1S/C13H11BrO4S/c14-9-2-10(19-6-9)5-16-11-3-13-12(17-7-18-13)1-8(11)4-15/h1-3,6,15H,4-5,7H2. The van der Waals surface area contributed by atoms with Gasteiger partial charge < -0.3 is 19.3 Å². The summed E-state index contributed by atoms with van der Waals surface area (Å²) in [6.45, 7) is 0.574. The summed E-state index contributed by atoms with van der Waals surface area (Å²) >= 11 is 5.02. The molecule has 4 nitrogen and oxygen atoms in total. The van der Waals surface area contributed by atoms with Gasteiger partial charge in [-0.05, 0) is 28.1 Å². The SMILES string of the molecule is OCc1cc2c(cc1OCc1cc(Br)cs1)OCO2. The second kappa shape index (κ2) is 5.40. The van der Waals surface area contributed by atoms with Crippen molar-refractivity contribution in [1.29, 1.82) is 0 Å². The van der Waals surface area contributed by atoms with Gasteiger partial charge in [0.25, 0.3) is 0 Å². The van der Waals surface area contributed by atoms with Gasteiger partial charge in [0.05, 0.1) is 6.61 Å². The van der Waals surface area contributed by atoms with Gasteiger partial charge in [-0.1, -0.05) is 0 Å². The summed E-state index contributed by atoms with van der Waals surface area (Å²) < 4.78 is 17.4. The molecule has 19 heavy (non-hydrogen) atoms. The molecule has 1 aliphatic heterocycles. The lowest BCUT2D eigenvalue weighted by atomic mass is 10.2. The molecule has 0 saturated heterocycles. The Morgan fingerprint density at radius 3 is 2.74 bits per heavy atom. The van der Waals surface area contributed by atoms with Crippen molar-refractivity contribution in [2.24, 2.45) is 0 Å². The highest BCUT2D eigenvalue weighted by Gasteiger charge is 2.17. The van der Waals surface area contributed by atoms with Crippen molar-refractivity contribution in [3.8, 4) is 17.2 Å². The topological polar surface area (TPSA) is 47.9 Å². The molecule has 6 heteroatoms. The summed E-state index contributed by atoms with van der Waals surface area (Å²) in [5.41, 5.74) is 0.694. The number of hydrogen-bond acceptors (Lipinski definition) is 5. The number of benzene rings is 1. The van der Waals surface area contributed by atoms with Crippen LogP contribution in [0.5, 0.6) is 17.2 Å². The summed E-state index contributed by atoms with van der Waals surface area (Å²) in [5, 5.41) is 11.4. The van der Waals surface area contributed by atoms with E-state index in [-0.39, 0.29) is 13.4 Å². The predicted molar refractivity (Wildman–Crippen MR) is 74.8 cm³/mol. The van der Waals surface area contributed by atoms with Crippen LogP contribution in [0, 0.1) is 0 Å². The van der Waals surface area contributed by atoms with Crippen molar-refractivity contribution in [3.63, 3.8) is 0 Å². The minimum Gasteiger partial charge on any atom is -0.488 e. The van der Waals surface area contributed by atoms with Gasteiger partial charge in [-0.25, -0.2) is 0 Å². The van der Waals surface area contributed by atoms with E-state index in [9.17, 15) is 5.11 Å². The average molecular weight is 343 g/mol. The van der Waals surface area contributed by atoms with Crippen LogP contribution in [-0.2, 0) is 13.2 Å². The van der Waals surface area contributed by atoms with Crippen molar-refractivity contribution in [2.45, 2.75) is 13.2 Å². The lowest BCUT2D eigenvalue weighted by Crippen LogP contribution is -1.97. The van der Waals surface area contributed by atoms with Crippen LogP contribution in [0.15, 0.2) is 28.1 Å². The summed E-state index contributed by atoms with van der Waals surface area (Å²) in [6, 6.07) is 5.52. The number of rotatable bonds is 4. The van der Waals surface area contributed by atoms with Crippen LogP contribution in [0.3, 0.4) is 0 Å². The molecule has 0 saturated carbocycles. The molecule has 0 aliphatic carbocycles. The maximum absolute atomic E-state index is 9.37. The van der Waals surface area contributed by atoms with Crippen LogP contribution in [0.25, 0.3) is 0 Å². The van der Waals surface area contributed by atoms with Gasteiger partial charge in [-0.3, -0.25) is 0 Å². The largest absolute Gasteiger partial charge is 0.488 e. The second-order valence-electron chi connectivity index (χ2n) is 3.99. The molecule has 0 unspecified atom stereocenters. The molecule has 0 fully saturated rings. The van der Waals surface area contributed by atoms with Crippen molar-refractivity contribution in [1.82, 2.24) is 0 Å². The van der Waals surface area contributed by atoms with E-state index >= 15 is 0 Å². The molecule has 0 radical (unpaired) electrons. The Balaban J connectivity index is 1.80. The summed E-state index contributed by atoms with van der Waals surface area (Å²) in [7, 11) is 0. The average Bonchev–Trinajstić information content (AvgIpc) is 3.03. The molecule has 0 bridgehead atoms. The quantitative estimate of drug-likeness (QED) is 0.925. The van der Waals surface area contributed by atoms with Crippen LogP contribution in [0.2, 0.25) is 0 Å². The zero-order valence-electron chi connectivity index (χ0n) is 9.89. The highest BCUT2D eigenvalue weighted by Crippen LogP contribution is 2.38. The first-order valence-electron chi connectivity index (χ1n) is 5.65. The molecule has 1 aromatic carbocycles. The summed E-state index contributed by atoms with van der Waals surface area (Å²) in [4.78, 5) is 1.11. The molecule has 2 heterocycles. The maximum Gasteiger partial charge on any atom is 0.231 e. The van der Waals surface area contributed by atoms with Crippen LogP contribution in [0.1, 0.15) is 10.4 Å². The minimum absolute atomic E-state index is 0.0971. The molecule has 3 rings (SSSR count). The molecule has 1 aromatic heterocycles. The monoisotopic (exact) mass is 342 g/mol. The van der Waals surface area contributed by atoms with E-state index in [2.05, 4.69) is 15.9 Å². The Kier molecular flexibility index (Phi) is 3.63. The van der Waals surface area contributed by atoms with E-state index in [1.807, 2.05) is 11.4 Å². The van der Waals surface area contributed by atoms with Crippen molar-refractivity contribution >= 4 is 27.3 Å². The van der Waals surface area contributed by atoms with E-state index in [0.717, 1.165) is 9.35 Å². The first kappa shape index (κ1) is 12.8. The number of aliphatic hydroxyl groups is 1. The molecule has 100 valence electrons. The summed E-state index contributed by atoms with van der Waals surface area (Å²) in [5.74, 6) is 1.92. The van der Waals surface area contributed by atoms with Gasteiger partial charge in [0, 0.05) is 26.4 Å². The van der Waals surface area contributed by atoms with E-state index in [1.165, 1.54) is 0 Å². The fraction of sp³-hybridized carbons (Fsp3) is 0.231. The Morgan fingerprint density at radius 1 is 1.26 bits per heavy atom. The molecule has 2 aromatic rings. The highest BCUT2D eigenvalue weighted by atomic mass is 79.9. The van der Waals surface area contributed by atoms with Gasteiger partial charge in [-0.2, -0.15) is 0 Å². The van der Waals surface area contributed by atoms with Crippen molar-refractivity contribution < 1.29 is 19.3 Å². The Morgan fingerprint density at radius 2 is 2.05 bits per heavy atom. The van der Waals surface area contributed by atoms with E-state index in [0.29, 0.717) is 29.4 Å². The van der Waals surface area contributed by atoms with Gasteiger partial charge in [0.15, 0.2) is 11.5 Å². The minimum atomic E-state index is -0.0971. The van der Waals surface area contributed by atoms with Gasteiger partial charge in [-0.15, -0.1) is 11.3 Å². The Labute approximate surface area is 122 Å². The van der Waals surface area contributed by atoms with Gasteiger partial charge >= 0.3 is 0 Å². The first-order valence-corrected chi connectivity index (χ1v) is 7.32. The number of ether oxygens (including phenoxy) is 3.